The number of hydrogen-bond donors (Lipinski definition) is 0. The van der Waals surface area contributed by atoms with Crippen LogP contribution in [0.1, 0.15) is 66.8 Å². The Morgan fingerprint density at radius 2 is 1.03 bits per heavy atom. The predicted octanol–water partition coefficient (Wildman–Crippen LogP) is 10.2. The molecule has 0 N–H and O–H groups in total. The highest BCUT2D eigenvalue weighted by Crippen LogP contribution is 2.45. The molecular formula is C25H28S4. The summed E-state index contributed by atoms with van der Waals surface area (Å²) >= 11 is 7.78. The predicted molar refractivity (Wildman–Crippen MR) is 137 cm³/mol. The lowest BCUT2D eigenvalue weighted by atomic mass is 10.0. The van der Waals surface area contributed by atoms with E-state index in [2.05, 4.69) is 77.9 Å². The van der Waals surface area contributed by atoms with Crippen molar-refractivity contribution in [2.24, 2.45) is 0 Å². The standard InChI is InChI=1S/C25H28S4/c1-7-15(4)25-17(6)13-23(29-25)21-11-9-19(27-21)18-8-10-20(26-18)22-12-16(5)24(28-22)14(2)3/h8-15H,7H2,1-6H3. The molecule has 29 heavy (non-hydrogen) atoms. The Labute approximate surface area is 190 Å². The van der Waals surface area contributed by atoms with Crippen LogP contribution in [0.4, 0.5) is 0 Å². The Kier molecular flexibility index (Phi) is 6.17. The van der Waals surface area contributed by atoms with Crippen LogP contribution in [-0.2, 0) is 0 Å². The van der Waals surface area contributed by atoms with Crippen LogP contribution >= 0.6 is 45.3 Å². The molecule has 4 rings (SSSR count). The van der Waals surface area contributed by atoms with Crippen molar-refractivity contribution in [1.29, 1.82) is 0 Å². The van der Waals surface area contributed by atoms with Crippen molar-refractivity contribution in [3.05, 3.63) is 57.3 Å². The molecule has 152 valence electrons. The summed E-state index contributed by atoms with van der Waals surface area (Å²) < 4.78 is 0. The van der Waals surface area contributed by atoms with E-state index in [-0.39, 0.29) is 0 Å². The molecule has 0 radical (unpaired) electrons. The van der Waals surface area contributed by atoms with Crippen LogP contribution in [0, 0.1) is 13.8 Å². The van der Waals surface area contributed by atoms with Gasteiger partial charge in [-0.2, -0.15) is 0 Å². The van der Waals surface area contributed by atoms with E-state index in [4.69, 9.17) is 0 Å². The molecule has 0 amide bonds. The lowest BCUT2D eigenvalue weighted by molar-refractivity contribution is 0.743. The molecule has 0 saturated heterocycles. The second kappa shape index (κ2) is 8.50. The Morgan fingerprint density at radius 1 is 0.621 bits per heavy atom. The summed E-state index contributed by atoms with van der Waals surface area (Å²) in [4.78, 5) is 11.4. The zero-order valence-electron chi connectivity index (χ0n) is 18.0. The quantitative estimate of drug-likeness (QED) is 0.271. The zero-order chi connectivity index (χ0) is 20.7. The molecule has 4 heterocycles. The maximum Gasteiger partial charge on any atom is 0.0449 e. The average molecular weight is 457 g/mol. The minimum absolute atomic E-state index is 0.600. The minimum Gasteiger partial charge on any atom is -0.139 e. The van der Waals surface area contributed by atoms with E-state index in [1.54, 1.807) is 4.88 Å². The van der Waals surface area contributed by atoms with Crippen LogP contribution in [-0.4, -0.2) is 0 Å². The molecule has 1 atom stereocenters. The van der Waals surface area contributed by atoms with E-state index in [0.717, 1.165) is 0 Å². The third-order valence-electron chi connectivity index (χ3n) is 5.44. The maximum atomic E-state index is 2.38. The van der Waals surface area contributed by atoms with Crippen molar-refractivity contribution in [3.8, 4) is 29.3 Å². The first-order chi connectivity index (χ1) is 13.9. The van der Waals surface area contributed by atoms with Crippen LogP contribution in [0.2, 0.25) is 0 Å². The fourth-order valence-electron chi connectivity index (χ4n) is 3.69. The highest BCUT2D eigenvalue weighted by molar-refractivity contribution is 7.28. The van der Waals surface area contributed by atoms with Crippen molar-refractivity contribution in [1.82, 2.24) is 0 Å². The molecule has 0 bridgehead atoms. The summed E-state index contributed by atoms with van der Waals surface area (Å²) in [5, 5.41) is 0. The van der Waals surface area contributed by atoms with Gasteiger partial charge in [0.15, 0.2) is 0 Å². The van der Waals surface area contributed by atoms with Gasteiger partial charge < -0.3 is 0 Å². The van der Waals surface area contributed by atoms with E-state index < -0.39 is 0 Å². The molecular weight excluding hydrogens is 429 g/mol. The number of thiophene rings is 4. The van der Waals surface area contributed by atoms with Crippen LogP contribution in [0.3, 0.4) is 0 Å². The van der Waals surface area contributed by atoms with Gasteiger partial charge in [-0.25, -0.2) is 0 Å². The van der Waals surface area contributed by atoms with Crippen LogP contribution in [0.25, 0.3) is 29.3 Å². The average Bonchev–Trinajstić information content (AvgIpc) is 3.45. The van der Waals surface area contributed by atoms with Gasteiger partial charge in [-0.15, -0.1) is 45.3 Å². The van der Waals surface area contributed by atoms with Gasteiger partial charge in [0, 0.05) is 39.0 Å². The molecule has 4 aromatic rings. The molecule has 0 spiro atoms. The Hall–Kier alpha value is -1.20. The molecule has 0 aliphatic heterocycles. The van der Waals surface area contributed by atoms with Gasteiger partial charge in [-0.1, -0.05) is 27.7 Å². The third-order valence-corrected chi connectivity index (χ3v) is 11.2. The number of hydrogen-bond acceptors (Lipinski definition) is 4. The van der Waals surface area contributed by atoms with Gasteiger partial charge in [0.1, 0.15) is 0 Å². The zero-order valence-corrected chi connectivity index (χ0v) is 21.2. The van der Waals surface area contributed by atoms with Crippen molar-refractivity contribution in [2.45, 2.75) is 59.8 Å². The van der Waals surface area contributed by atoms with Gasteiger partial charge in [-0.05, 0) is 79.6 Å². The number of rotatable bonds is 6. The summed E-state index contributed by atoms with van der Waals surface area (Å²) in [6, 6.07) is 13.9. The molecule has 4 aromatic heterocycles. The molecule has 0 aliphatic rings. The summed E-state index contributed by atoms with van der Waals surface area (Å²) in [5.41, 5.74) is 2.88. The lowest BCUT2D eigenvalue weighted by Crippen LogP contribution is -1.88. The Balaban J connectivity index is 1.60. The molecule has 0 fully saturated rings. The van der Waals surface area contributed by atoms with Gasteiger partial charge in [0.25, 0.3) is 0 Å². The second-order valence-electron chi connectivity index (χ2n) is 8.11. The van der Waals surface area contributed by atoms with Crippen molar-refractivity contribution in [2.75, 3.05) is 0 Å². The van der Waals surface area contributed by atoms with Gasteiger partial charge in [0.2, 0.25) is 0 Å². The van der Waals surface area contributed by atoms with Gasteiger partial charge in [-0.3, -0.25) is 0 Å². The molecule has 4 heteroatoms. The fraction of sp³-hybridized carbons (Fsp3) is 0.360. The molecule has 0 saturated carbocycles. The van der Waals surface area contributed by atoms with Crippen molar-refractivity contribution >= 4 is 45.3 Å². The summed E-state index contributed by atoms with van der Waals surface area (Å²) in [6.07, 6.45) is 1.20. The highest BCUT2D eigenvalue weighted by atomic mass is 32.1. The monoisotopic (exact) mass is 456 g/mol. The van der Waals surface area contributed by atoms with E-state index in [0.29, 0.717) is 11.8 Å². The molecule has 1 unspecified atom stereocenters. The normalized spacial score (nSPS) is 12.8. The second-order valence-corrected chi connectivity index (χ2v) is 12.4. The lowest BCUT2D eigenvalue weighted by Gasteiger charge is -2.05. The maximum absolute atomic E-state index is 2.38. The van der Waals surface area contributed by atoms with E-state index in [1.807, 2.05) is 45.3 Å². The molecule has 0 nitrogen and oxygen atoms in total. The minimum atomic E-state index is 0.600. The first-order valence-corrected chi connectivity index (χ1v) is 13.5. The Bertz CT molecular complexity index is 1120. The van der Waals surface area contributed by atoms with E-state index in [9.17, 15) is 0 Å². The SMILES string of the molecule is CCC(C)c1sc(-c2ccc(-c3ccc(-c4cc(C)c(C(C)C)s4)s3)s2)cc1C. The van der Waals surface area contributed by atoms with Crippen LogP contribution in [0.15, 0.2) is 36.4 Å². The molecule has 0 aliphatic carbocycles. The van der Waals surface area contributed by atoms with Gasteiger partial charge >= 0.3 is 0 Å². The Morgan fingerprint density at radius 3 is 1.45 bits per heavy atom. The fourth-order valence-corrected chi connectivity index (χ4v) is 8.44. The third kappa shape index (κ3) is 4.18. The summed E-state index contributed by atoms with van der Waals surface area (Å²) in [5.74, 6) is 1.25. The summed E-state index contributed by atoms with van der Waals surface area (Å²) in [7, 11) is 0. The van der Waals surface area contributed by atoms with Gasteiger partial charge in [0.05, 0.1) is 0 Å². The van der Waals surface area contributed by atoms with Crippen LogP contribution in [0.5, 0.6) is 0 Å². The van der Waals surface area contributed by atoms with Crippen molar-refractivity contribution < 1.29 is 0 Å². The van der Waals surface area contributed by atoms with E-state index in [1.165, 1.54) is 51.7 Å². The smallest absolute Gasteiger partial charge is 0.0449 e. The largest absolute Gasteiger partial charge is 0.139 e. The summed E-state index contributed by atoms with van der Waals surface area (Å²) in [6.45, 7) is 13.7. The van der Waals surface area contributed by atoms with E-state index >= 15 is 0 Å². The topological polar surface area (TPSA) is 0 Å². The van der Waals surface area contributed by atoms with Crippen molar-refractivity contribution in [3.63, 3.8) is 0 Å². The molecule has 0 aromatic carbocycles. The first kappa shape index (κ1) is 21.0. The first-order valence-electron chi connectivity index (χ1n) is 10.3. The number of aryl methyl sites for hydroxylation is 2. The van der Waals surface area contributed by atoms with Crippen LogP contribution < -0.4 is 0 Å². The highest BCUT2D eigenvalue weighted by Gasteiger charge is 2.16.